The molecule has 0 bridgehead atoms. The van der Waals surface area contributed by atoms with Crippen LogP contribution in [-0.4, -0.2) is 5.91 Å². The summed E-state index contributed by atoms with van der Waals surface area (Å²) in [6, 6.07) is 0. The Balaban J connectivity index is 2.97. The molecule has 0 aliphatic carbocycles. The Kier molecular flexibility index (Phi) is 16.0. The van der Waals surface area contributed by atoms with Gasteiger partial charge in [-0.05, 0) is 6.42 Å². The van der Waals surface area contributed by atoms with Crippen molar-refractivity contribution in [2.75, 3.05) is 0 Å². The molecule has 0 aromatic heterocycles. The number of unbranched alkanes of at least 4 members (excludes halogenated alkanes) is 13. The number of rotatable bonds is 15. The minimum atomic E-state index is -0.0380. The van der Waals surface area contributed by atoms with Crippen LogP contribution in [0, 0.1) is 0 Å². The lowest BCUT2D eigenvalue weighted by Crippen LogP contribution is -2.29. The highest BCUT2D eigenvalue weighted by atomic mass is 16.2. The van der Waals surface area contributed by atoms with Crippen LogP contribution < -0.4 is 11.3 Å². The first-order valence-electron chi connectivity index (χ1n) is 8.80. The van der Waals surface area contributed by atoms with E-state index in [-0.39, 0.29) is 5.91 Å². The summed E-state index contributed by atoms with van der Waals surface area (Å²) >= 11 is 0. The monoisotopic (exact) mass is 284 g/mol. The van der Waals surface area contributed by atoms with Gasteiger partial charge in [-0.25, -0.2) is 5.84 Å². The summed E-state index contributed by atoms with van der Waals surface area (Å²) in [6.45, 7) is 2.27. The van der Waals surface area contributed by atoms with Crippen LogP contribution in [0.1, 0.15) is 103 Å². The molecule has 20 heavy (non-hydrogen) atoms. The first-order valence-corrected chi connectivity index (χ1v) is 8.80. The Morgan fingerprint density at radius 2 is 1.05 bits per heavy atom. The predicted octanol–water partition coefficient (Wildman–Crippen LogP) is 4.85. The van der Waals surface area contributed by atoms with E-state index in [4.69, 9.17) is 5.84 Å². The van der Waals surface area contributed by atoms with Crippen LogP contribution >= 0.6 is 0 Å². The standard InChI is InChI=1S/C17H36N2O/c1-2-3-4-5-6-7-8-9-10-11-12-13-14-15-16-17(20)19-18/h2-16,18H2,1H3,(H,19,20). The van der Waals surface area contributed by atoms with Crippen molar-refractivity contribution in [3.63, 3.8) is 0 Å². The summed E-state index contributed by atoms with van der Waals surface area (Å²) in [5, 5.41) is 0. The molecular weight excluding hydrogens is 248 g/mol. The van der Waals surface area contributed by atoms with Crippen molar-refractivity contribution >= 4 is 5.91 Å². The second-order valence-corrected chi connectivity index (χ2v) is 5.91. The molecule has 0 radical (unpaired) electrons. The van der Waals surface area contributed by atoms with Crippen LogP contribution in [0.2, 0.25) is 0 Å². The van der Waals surface area contributed by atoms with Gasteiger partial charge in [0.25, 0.3) is 0 Å². The Morgan fingerprint density at radius 1 is 0.700 bits per heavy atom. The smallest absolute Gasteiger partial charge is 0.233 e. The Labute approximate surface area is 126 Å². The fourth-order valence-electron chi connectivity index (χ4n) is 2.55. The molecule has 0 atom stereocenters. The second-order valence-electron chi connectivity index (χ2n) is 5.91. The predicted molar refractivity (Wildman–Crippen MR) is 87.3 cm³/mol. The van der Waals surface area contributed by atoms with Gasteiger partial charge in [0.1, 0.15) is 0 Å². The molecule has 0 unspecified atom stereocenters. The van der Waals surface area contributed by atoms with Crippen molar-refractivity contribution in [1.82, 2.24) is 5.43 Å². The molecule has 0 rings (SSSR count). The number of hydrazine groups is 1. The largest absolute Gasteiger partial charge is 0.294 e. The van der Waals surface area contributed by atoms with Gasteiger partial charge in [-0.3, -0.25) is 10.2 Å². The van der Waals surface area contributed by atoms with Crippen LogP contribution in [-0.2, 0) is 4.79 Å². The summed E-state index contributed by atoms with van der Waals surface area (Å²) < 4.78 is 0. The van der Waals surface area contributed by atoms with Gasteiger partial charge < -0.3 is 0 Å². The second kappa shape index (κ2) is 16.5. The Bertz CT molecular complexity index is 207. The third kappa shape index (κ3) is 15.5. The van der Waals surface area contributed by atoms with Gasteiger partial charge in [0.05, 0.1) is 0 Å². The van der Waals surface area contributed by atoms with Gasteiger partial charge in [-0.15, -0.1) is 0 Å². The van der Waals surface area contributed by atoms with Crippen molar-refractivity contribution in [2.24, 2.45) is 5.84 Å². The summed E-state index contributed by atoms with van der Waals surface area (Å²) in [7, 11) is 0. The molecule has 3 nitrogen and oxygen atoms in total. The van der Waals surface area contributed by atoms with Crippen LogP contribution in [0.15, 0.2) is 0 Å². The summed E-state index contributed by atoms with van der Waals surface area (Å²) in [4.78, 5) is 10.9. The van der Waals surface area contributed by atoms with E-state index in [9.17, 15) is 4.79 Å². The maximum Gasteiger partial charge on any atom is 0.233 e. The first kappa shape index (κ1) is 19.4. The molecule has 0 aliphatic heterocycles. The number of hydrogen-bond acceptors (Lipinski definition) is 2. The van der Waals surface area contributed by atoms with Gasteiger partial charge in [0.15, 0.2) is 0 Å². The van der Waals surface area contributed by atoms with Gasteiger partial charge in [0.2, 0.25) is 5.91 Å². The van der Waals surface area contributed by atoms with E-state index in [1.54, 1.807) is 0 Å². The number of hydrogen-bond donors (Lipinski definition) is 2. The third-order valence-electron chi connectivity index (χ3n) is 3.92. The molecule has 1 amide bonds. The minimum Gasteiger partial charge on any atom is -0.294 e. The number of amides is 1. The number of carbonyl (C=O) groups is 1. The van der Waals surface area contributed by atoms with E-state index in [1.165, 1.54) is 77.0 Å². The van der Waals surface area contributed by atoms with E-state index in [0.717, 1.165) is 12.8 Å². The lowest BCUT2D eigenvalue weighted by Gasteiger charge is -2.03. The van der Waals surface area contributed by atoms with Crippen molar-refractivity contribution in [2.45, 2.75) is 103 Å². The average molecular weight is 284 g/mol. The number of nitrogens with two attached hydrogens (primary N) is 1. The van der Waals surface area contributed by atoms with Crippen LogP contribution in [0.4, 0.5) is 0 Å². The molecule has 0 heterocycles. The lowest BCUT2D eigenvalue weighted by atomic mass is 10.0. The average Bonchev–Trinajstić information content (AvgIpc) is 2.47. The lowest BCUT2D eigenvalue weighted by molar-refractivity contribution is -0.121. The number of carbonyl (C=O) groups excluding carboxylic acids is 1. The minimum absolute atomic E-state index is 0.0380. The Hall–Kier alpha value is -0.570. The van der Waals surface area contributed by atoms with E-state index < -0.39 is 0 Å². The molecule has 0 saturated heterocycles. The third-order valence-corrected chi connectivity index (χ3v) is 3.92. The zero-order chi connectivity index (χ0) is 14.9. The first-order chi connectivity index (χ1) is 9.81. The topological polar surface area (TPSA) is 55.1 Å². The molecule has 0 aromatic carbocycles. The van der Waals surface area contributed by atoms with Crippen molar-refractivity contribution in [3.05, 3.63) is 0 Å². The van der Waals surface area contributed by atoms with Crippen molar-refractivity contribution < 1.29 is 4.79 Å². The van der Waals surface area contributed by atoms with Crippen LogP contribution in [0.5, 0.6) is 0 Å². The SMILES string of the molecule is CCCCCCCCCCCCCCCCC(=O)NN. The molecule has 120 valence electrons. The molecule has 0 saturated carbocycles. The molecule has 0 fully saturated rings. The molecule has 3 N–H and O–H groups in total. The molecule has 3 heteroatoms. The van der Waals surface area contributed by atoms with E-state index in [2.05, 4.69) is 12.3 Å². The van der Waals surface area contributed by atoms with Crippen molar-refractivity contribution in [1.29, 1.82) is 0 Å². The highest BCUT2D eigenvalue weighted by molar-refractivity contribution is 5.74. The Morgan fingerprint density at radius 3 is 1.40 bits per heavy atom. The van der Waals surface area contributed by atoms with Gasteiger partial charge >= 0.3 is 0 Å². The summed E-state index contributed by atoms with van der Waals surface area (Å²) in [5.41, 5.74) is 2.17. The summed E-state index contributed by atoms with van der Waals surface area (Å²) in [5.74, 6) is 4.99. The van der Waals surface area contributed by atoms with E-state index >= 15 is 0 Å². The maximum absolute atomic E-state index is 10.9. The highest BCUT2D eigenvalue weighted by Gasteiger charge is 1.97. The van der Waals surface area contributed by atoms with E-state index in [1.807, 2.05) is 0 Å². The molecule has 0 aliphatic rings. The van der Waals surface area contributed by atoms with Gasteiger partial charge in [-0.1, -0.05) is 90.4 Å². The van der Waals surface area contributed by atoms with E-state index in [0.29, 0.717) is 6.42 Å². The van der Waals surface area contributed by atoms with Gasteiger partial charge in [-0.2, -0.15) is 0 Å². The normalized spacial score (nSPS) is 10.7. The summed E-state index contributed by atoms with van der Waals surface area (Å²) in [6.07, 6.45) is 19.3. The number of nitrogens with one attached hydrogen (secondary N) is 1. The van der Waals surface area contributed by atoms with Gasteiger partial charge in [0, 0.05) is 6.42 Å². The fraction of sp³-hybridized carbons (Fsp3) is 0.941. The molecule has 0 aromatic rings. The van der Waals surface area contributed by atoms with Crippen LogP contribution in [0.3, 0.4) is 0 Å². The molecule has 0 spiro atoms. The fourth-order valence-corrected chi connectivity index (χ4v) is 2.55. The zero-order valence-electron chi connectivity index (χ0n) is 13.6. The quantitative estimate of drug-likeness (QED) is 0.195. The van der Waals surface area contributed by atoms with Crippen molar-refractivity contribution in [3.8, 4) is 0 Å². The zero-order valence-corrected chi connectivity index (χ0v) is 13.6. The maximum atomic E-state index is 10.9. The highest BCUT2D eigenvalue weighted by Crippen LogP contribution is 2.13. The molecular formula is C17H36N2O. The van der Waals surface area contributed by atoms with Crippen LogP contribution in [0.25, 0.3) is 0 Å².